The number of furan rings is 1. The summed E-state index contributed by atoms with van der Waals surface area (Å²) in [5.74, 6) is 1.20. The molecule has 0 bridgehead atoms. The SMILES string of the molecule is Cc1ccc2c(n1)oc1ccc(C)c(C(C)(C)N3c4ccccc4N(c4c5ccccc5n(C(C)C)[n+]4C)[C@H]3C)c12. The number of aryl methyl sites for hydroxylation is 2. The van der Waals surface area contributed by atoms with Crippen molar-refractivity contribution in [2.24, 2.45) is 7.05 Å². The molecule has 0 fully saturated rings. The lowest BCUT2D eigenvalue weighted by Gasteiger charge is -2.41. The fraction of sp³-hybridized carbons (Fsp3) is 0.314. The molecular formula is C35H38N5O+. The molecule has 3 aromatic carbocycles. The van der Waals surface area contributed by atoms with Gasteiger partial charge in [-0.15, -0.1) is 0 Å². The standard InChI is InChI=1S/C35H38N5O/c1-21(2)40-27-14-10-9-13-25(27)34(37(40)8)38-24(5)39(29-16-12-11-15-28(29)38)35(6,7)32-22(3)17-20-30-31(32)26-19-18-23(4)36-33(26)41-30/h9-21,24H,1-8H3/q+1/t24-/m1/s1. The third-order valence-corrected chi connectivity index (χ3v) is 8.95. The van der Waals surface area contributed by atoms with Gasteiger partial charge in [-0.05, 0) is 102 Å². The van der Waals surface area contributed by atoms with Crippen molar-refractivity contribution >= 4 is 50.2 Å². The van der Waals surface area contributed by atoms with Crippen LogP contribution in [0.1, 0.15) is 57.5 Å². The molecule has 0 saturated carbocycles. The van der Waals surface area contributed by atoms with E-state index in [1.54, 1.807) is 0 Å². The van der Waals surface area contributed by atoms with Crippen LogP contribution in [0.2, 0.25) is 0 Å². The minimum Gasteiger partial charge on any atom is -0.438 e. The zero-order chi connectivity index (χ0) is 28.8. The van der Waals surface area contributed by atoms with Gasteiger partial charge in [-0.3, -0.25) is 0 Å². The van der Waals surface area contributed by atoms with Gasteiger partial charge in [0.15, 0.2) is 11.9 Å². The van der Waals surface area contributed by atoms with Crippen molar-refractivity contribution in [3.05, 3.63) is 89.6 Å². The molecule has 1 atom stereocenters. The smallest absolute Gasteiger partial charge is 0.311 e. The van der Waals surface area contributed by atoms with Crippen LogP contribution in [0.15, 0.2) is 77.2 Å². The lowest BCUT2D eigenvalue weighted by Crippen LogP contribution is -2.52. The Morgan fingerprint density at radius 1 is 0.878 bits per heavy atom. The average molecular weight is 545 g/mol. The molecule has 0 unspecified atom stereocenters. The molecule has 0 spiro atoms. The topological polar surface area (TPSA) is 41.3 Å². The average Bonchev–Trinajstić information content (AvgIpc) is 3.54. The number of para-hydroxylation sites is 3. The van der Waals surface area contributed by atoms with Crippen LogP contribution in [-0.4, -0.2) is 15.8 Å². The van der Waals surface area contributed by atoms with Crippen molar-refractivity contribution in [1.82, 2.24) is 9.67 Å². The Labute approximate surface area is 241 Å². The number of benzene rings is 3. The van der Waals surface area contributed by atoms with Crippen LogP contribution in [0.25, 0.3) is 33.0 Å². The zero-order valence-electron chi connectivity index (χ0n) is 25.2. The number of hydrogen-bond acceptors (Lipinski definition) is 4. The Morgan fingerprint density at radius 2 is 1.59 bits per heavy atom. The molecule has 0 N–H and O–H groups in total. The van der Waals surface area contributed by atoms with Gasteiger partial charge in [-0.1, -0.05) is 30.3 Å². The molecule has 3 aromatic heterocycles. The number of nitrogens with zero attached hydrogens (tertiary/aromatic N) is 5. The quantitative estimate of drug-likeness (QED) is 0.210. The number of rotatable bonds is 4. The maximum Gasteiger partial charge on any atom is 0.311 e. The molecule has 6 heteroatoms. The van der Waals surface area contributed by atoms with Gasteiger partial charge in [0.25, 0.3) is 0 Å². The van der Waals surface area contributed by atoms with Crippen LogP contribution >= 0.6 is 0 Å². The Morgan fingerprint density at radius 3 is 2.34 bits per heavy atom. The first-order chi connectivity index (χ1) is 19.6. The van der Waals surface area contributed by atoms with E-state index in [1.807, 2.05) is 6.92 Å². The van der Waals surface area contributed by atoms with E-state index >= 15 is 0 Å². The van der Waals surface area contributed by atoms with Gasteiger partial charge in [0.05, 0.1) is 28.2 Å². The Hall–Kier alpha value is -4.32. The highest BCUT2D eigenvalue weighted by Crippen LogP contribution is 2.52. The van der Waals surface area contributed by atoms with Crippen LogP contribution in [0.4, 0.5) is 17.2 Å². The number of hydrogen-bond donors (Lipinski definition) is 0. The molecule has 6 aromatic rings. The van der Waals surface area contributed by atoms with Gasteiger partial charge >= 0.3 is 5.82 Å². The molecule has 1 aliphatic rings. The predicted octanol–water partition coefficient (Wildman–Crippen LogP) is 8.20. The van der Waals surface area contributed by atoms with Gasteiger partial charge in [0.1, 0.15) is 12.6 Å². The molecule has 1 aliphatic heterocycles. The van der Waals surface area contributed by atoms with Crippen LogP contribution in [0, 0.1) is 13.8 Å². The highest BCUT2D eigenvalue weighted by Gasteiger charge is 2.49. The van der Waals surface area contributed by atoms with Crippen molar-refractivity contribution in [3.8, 4) is 0 Å². The fourth-order valence-corrected chi connectivity index (χ4v) is 7.51. The summed E-state index contributed by atoms with van der Waals surface area (Å²) in [6.07, 6.45) is 0.0493. The third kappa shape index (κ3) is 3.49. The van der Waals surface area contributed by atoms with Crippen LogP contribution in [0.5, 0.6) is 0 Å². The lowest BCUT2D eigenvalue weighted by atomic mass is 9.84. The molecule has 0 aliphatic carbocycles. The van der Waals surface area contributed by atoms with Crippen molar-refractivity contribution in [2.75, 3.05) is 9.80 Å². The number of fused-ring (bicyclic) bond motifs is 5. The summed E-state index contributed by atoms with van der Waals surface area (Å²) < 4.78 is 11.0. The van der Waals surface area contributed by atoms with Crippen LogP contribution in [-0.2, 0) is 12.6 Å². The molecule has 208 valence electrons. The van der Waals surface area contributed by atoms with E-state index in [2.05, 4.69) is 141 Å². The van der Waals surface area contributed by atoms with E-state index in [0.29, 0.717) is 11.8 Å². The van der Waals surface area contributed by atoms with Gasteiger partial charge in [0.2, 0.25) is 5.71 Å². The Balaban J connectivity index is 1.47. The van der Waals surface area contributed by atoms with E-state index < -0.39 is 0 Å². The third-order valence-electron chi connectivity index (χ3n) is 8.95. The second kappa shape index (κ2) is 8.84. The van der Waals surface area contributed by atoms with E-state index in [1.165, 1.54) is 39.2 Å². The number of pyridine rings is 1. The van der Waals surface area contributed by atoms with Gasteiger partial charge in [-0.25, -0.2) is 14.6 Å². The molecule has 41 heavy (non-hydrogen) atoms. The van der Waals surface area contributed by atoms with E-state index in [0.717, 1.165) is 22.0 Å². The fourth-order valence-electron chi connectivity index (χ4n) is 7.51. The van der Waals surface area contributed by atoms with Crippen LogP contribution in [0.3, 0.4) is 0 Å². The summed E-state index contributed by atoms with van der Waals surface area (Å²) in [6.45, 7) is 15.8. The summed E-state index contributed by atoms with van der Waals surface area (Å²) >= 11 is 0. The van der Waals surface area contributed by atoms with Gasteiger partial charge in [0, 0.05) is 16.5 Å². The Bertz CT molecular complexity index is 1980. The molecule has 0 radical (unpaired) electrons. The second-order valence-corrected chi connectivity index (χ2v) is 12.3. The summed E-state index contributed by atoms with van der Waals surface area (Å²) in [7, 11) is 2.19. The van der Waals surface area contributed by atoms with Crippen LogP contribution < -0.4 is 14.5 Å². The molecule has 7 rings (SSSR count). The summed E-state index contributed by atoms with van der Waals surface area (Å²) in [5.41, 5.74) is 8.38. The van der Waals surface area contributed by atoms with Crippen molar-refractivity contribution < 1.29 is 9.10 Å². The lowest BCUT2D eigenvalue weighted by molar-refractivity contribution is -0.741. The zero-order valence-corrected chi connectivity index (χ0v) is 25.2. The molecular weight excluding hydrogens is 506 g/mol. The van der Waals surface area contributed by atoms with Crippen molar-refractivity contribution in [2.45, 2.75) is 66.2 Å². The summed E-state index contributed by atoms with van der Waals surface area (Å²) in [6, 6.07) is 26.5. The predicted molar refractivity (Wildman–Crippen MR) is 168 cm³/mol. The number of aromatic nitrogens is 3. The summed E-state index contributed by atoms with van der Waals surface area (Å²) in [5, 5.41) is 3.48. The first kappa shape index (κ1) is 25.6. The highest BCUT2D eigenvalue weighted by molar-refractivity contribution is 6.07. The summed E-state index contributed by atoms with van der Waals surface area (Å²) in [4.78, 5) is 9.84. The van der Waals surface area contributed by atoms with E-state index in [4.69, 9.17) is 9.40 Å². The second-order valence-electron chi connectivity index (χ2n) is 12.3. The first-order valence-electron chi connectivity index (χ1n) is 14.6. The maximum atomic E-state index is 6.32. The highest BCUT2D eigenvalue weighted by atomic mass is 16.3. The maximum absolute atomic E-state index is 6.32. The van der Waals surface area contributed by atoms with Gasteiger partial charge in [-0.2, -0.15) is 4.68 Å². The van der Waals surface area contributed by atoms with Crippen molar-refractivity contribution in [3.63, 3.8) is 0 Å². The first-order valence-corrected chi connectivity index (χ1v) is 14.6. The normalized spacial score (nSPS) is 15.7. The Kier molecular flexibility index (Phi) is 5.53. The van der Waals surface area contributed by atoms with Gasteiger partial charge < -0.3 is 9.32 Å². The molecule has 6 nitrogen and oxygen atoms in total. The largest absolute Gasteiger partial charge is 0.438 e. The molecule has 4 heterocycles. The molecule has 0 saturated heterocycles. The molecule has 0 amide bonds. The van der Waals surface area contributed by atoms with E-state index in [9.17, 15) is 0 Å². The van der Waals surface area contributed by atoms with E-state index in [-0.39, 0.29) is 11.7 Å². The number of anilines is 3. The van der Waals surface area contributed by atoms with Crippen molar-refractivity contribution in [1.29, 1.82) is 0 Å². The minimum atomic E-state index is -0.370. The monoisotopic (exact) mass is 544 g/mol. The minimum absolute atomic E-state index is 0.0493.